The van der Waals surface area contributed by atoms with Crippen LogP contribution in [0.25, 0.3) is 0 Å². The molecule has 216 valence electrons. The lowest BCUT2D eigenvalue weighted by Crippen LogP contribution is -2.56. The molecule has 2 N–H and O–H groups in total. The first-order valence-corrected chi connectivity index (χ1v) is 15.5. The average molecular weight is 569 g/mol. The number of fused-ring (bicyclic) bond motifs is 1. The molecule has 0 unspecified atom stereocenters. The van der Waals surface area contributed by atoms with Crippen LogP contribution in [0.1, 0.15) is 58.3 Å². The Morgan fingerprint density at radius 1 is 1.02 bits per heavy atom. The summed E-state index contributed by atoms with van der Waals surface area (Å²) >= 11 is 6.01. The van der Waals surface area contributed by atoms with Gasteiger partial charge in [-0.05, 0) is 81.9 Å². The number of nitrogens with zero attached hydrogens (tertiary/aromatic N) is 2. The monoisotopic (exact) mass is 568 g/mol. The number of anilines is 1. The Hall–Kier alpha value is -2.42. The molecule has 4 aliphatic heterocycles. The number of hydrogen-bond donors (Lipinski definition) is 2. The maximum Gasteiger partial charge on any atom is 0.246 e. The number of nitrogens with one attached hydrogen (secondary N) is 2. The molecule has 1 aromatic carbocycles. The maximum absolute atomic E-state index is 14.1. The number of rotatable bonds is 8. The van der Waals surface area contributed by atoms with Crippen LogP contribution in [0.4, 0.5) is 5.69 Å². The predicted molar refractivity (Wildman–Crippen MR) is 154 cm³/mol. The van der Waals surface area contributed by atoms with Gasteiger partial charge in [0.25, 0.3) is 0 Å². The number of carbonyl (C=O) groups is 3. The summed E-state index contributed by atoms with van der Waals surface area (Å²) < 4.78 is 6.48. The van der Waals surface area contributed by atoms with E-state index in [0.717, 1.165) is 57.7 Å². The molecule has 1 aliphatic carbocycles. The molecule has 6 rings (SSSR count). The van der Waals surface area contributed by atoms with E-state index >= 15 is 0 Å². The number of hydrogen-bond acceptors (Lipinski definition) is 5. The SMILES string of the molecule is CC1CCN(CCCN2C(=O)[C@@H]3[C@@H](C(=O)Nc4ccc(Cl)cc4)[C@@H]4C=C[C@@]3(O4)[C@H]2C(=O)NC2CCCCC2)CC1. The first kappa shape index (κ1) is 27.7. The van der Waals surface area contributed by atoms with Crippen molar-refractivity contribution in [2.24, 2.45) is 17.8 Å². The van der Waals surface area contributed by atoms with Crippen molar-refractivity contribution in [1.82, 2.24) is 15.1 Å². The molecule has 4 fully saturated rings. The highest BCUT2D eigenvalue weighted by Crippen LogP contribution is 2.55. The lowest BCUT2D eigenvalue weighted by atomic mass is 9.74. The standard InChI is InChI=1S/C31H41ClN4O4/c1-20-13-18-35(19-14-20)16-5-17-36-27(29(38)34-22-6-3-2-4-7-22)31-15-12-24(40-31)25(26(31)30(36)39)28(37)33-23-10-8-21(32)9-11-23/h8-12,15,20,22,24-27H,2-7,13-14,16-19H2,1H3,(H,33,37)(H,34,38)/t24-,25-,26-,27+,31-/m0/s1. The van der Waals surface area contributed by atoms with E-state index in [1.165, 1.54) is 19.3 Å². The fraction of sp³-hybridized carbons (Fsp3) is 0.645. The van der Waals surface area contributed by atoms with Crippen molar-refractivity contribution in [3.05, 3.63) is 41.4 Å². The van der Waals surface area contributed by atoms with Crippen LogP contribution >= 0.6 is 11.6 Å². The first-order valence-electron chi connectivity index (χ1n) is 15.1. The van der Waals surface area contributed by atoms with Gasteiger partial charge in [-0.2, -0.15) is 0 Å². The van der Waals surface area contributed by atoms with Crippen LogP contribution in [0.5, 0.6) is 0 Å². The molecule has 5 atom stereocenters. The molecule has 4 heterocycles. The third kappa shape index (κ3) is 5.19. The highest BCUT2D eigenvalue weighted by molar-refractivity contribution is 6.30. The number of ether oxygens (including phenoxy) is 1. The van der Waals surface area contributed by atoms with Crippen molar-refractivity contribution < 1.29 is 19.1 Å². The lowest BCUT2D eigenvalue weighted by Gasteiger charge is -2.35. The van der Waals surface area contributed by atoms with Crippen molar-refractivity contribution in [2.45, 2.75) is 82.1 Å². The molecule has 3 saturated heterocycles. The topological polar surface area (TPSA) is 91.0 Å². The van der Waals surface area contributed by atoms with Crippen LogP contribution in [-0.4, -0.2) is 77.5 Å². The molecule has 2 bridgehead atoms. The van der Waals surface area contributed by atoms with E-state index in [4.69, 9.17) is 16.3 Å². The molecule has 8 nitrogen and oxygen atoms in total. The van der Waals surface area contributed by atoms with Crippen molar-refractivity contribution in [3.63, 3.8) is 0 Å². The van der Waals surface area contributed by atoms with E-state index in [-0.39, 0.29) is 23.8 Å². The van der Waals surface area contributed by atoms with Gasteiger partial charge < -0.3 is 25.2 Å². The van der Waals surface area contributed by atoms with Gasteiger partial charge in [0, 0.05) is 23.3 Å². The highest BCUT2D eigenvalue weighted by Gasteiger charge is 2.72. The maximum atomic E-state index is 14.1. The fourth-order valence-corrected chi connectivity index (χ4v) is 7.67. The normalized spacial score (nSPS) is 32.5. The van der Waals surface area contributed by atoms with Gasteiger partial charge in [-0.3, -0.25) is 14.4 Å². The van der Waals surface area contributed by atoms with Crippen LogP contribution < -0.4 is 10.6 Å². The van der Waals surface area contributed by atoms with Crippen LogP contribution in [0, 0.1) is 17.8 Å². The molecule has 1 saturated carbocycles. The van der Waals surface area contributed by atoms with Gasteiger partial charge in [-0.1, -0.05) is 49.9 Å². The van der Waals surface area contributed by atoms with Crippen LogP contribution in [-0.2, 0) is 19.1 Å². The molecule has 0 aromatic heterocycles. The van der Waals surface area contributed by atoms with E-state index in [0.29, 0.717) is 17.3 Å². The zero-order valence-corrected chi connectivity index (χ0v) is 24.1. The smallest absolute Gasteiger partial charge is 0.246 e. The quantitative estimate of drug-likeness (QED) is 0.463. The summed E-state index contributed by atoms with van der Waals surface area (Å²) in [6, 6.07) is 6.26. The molecule has 1 aromatic rings. The van der Waals surface area contributed by atoms with E-state index in [1.54, 1.807) is 29.2 Å². The Balaban J connectivity index is 1.22. The first-order chi connectivity index (χ1) is 19.4. The minimum absolute atomic E-state index is 0.121. The average Bonchev–Trinajstić information content (AvgIpc) is 3.59. The number of piperidine rings is 1. The molecule has 5 aliphatic rings. The number of benzene rings is 1. The summed E-state index contributed by atoms with van der Waals surface area (Å²) in [6.07, 6.45) is 11.7. The summed E-state index contributed by atoms with van der Waals surface area (Å²) in [5.74, 6) is -1.25. The summed E-state index contributed by atoms with van der Waals surface area (Å²) in [4.78, 5) is 45.9. The largest absolute Gasteiger partial charge is 0.359 e. The third-order valence-corrected chi connectivity index (χ3v) is 9.99. The molecule has 3 amide bonds. The van der Waals surface area contributed by atoms with Crippen molar-refractivity contribution in [3.8, 4) is 0 Å². The Bertz CT molecular complexity index is 1140. The lowest BCUT2D eigenvalue weighted by molar-refractivity contribution is -0.141. The molecule has 0 radical (unpaired) electrons. The van der Waals surface area contributed by atoms with Gasteiger partial charge in [0.15, 0.2) is 0 Å². The minimum atomic E-state index is -1.12. The number of likely N-dealkylation sites (tertiary alicyclic amines) is 2. The summed E-state index contributed by atoms with van der Waals surface area (Å²) in [5.41, 5.74) is -0.511. The van der Waals surface area contributed by atoms with Gasteiger partial charge in [0.2, 0.25) is 17.7 Å². The van der Waals surface area contributed by atoms with Gasteiger partial charge >= 0.3 is 0 Å². The second-order valence-electron chi connectivity index (χ2n) is 12.5. The Morgan fingerprint density at radius 2 is 1.75 bits per heavy atom. The van der Waals surface area contributed by atoms with E-state index in [1.807, 2.05) is 12.2 Å². The summed E-state index contributed by atoms with van der Waals surface area (Å²) in [7, 11) is 0. The third-order valence-electron chi connectivity index (χ3n) is 9.74. The second-order valence-corrected chi connectivity index (χ2v) is 12.9. The number of amides is 3. The number of halogens is 1. The minimum Gasteiger partial charge on any atom is -0.359 e. The fourth-order valence-electron chi connectivity index (χ4n) is 7.54. The summed E-state index contributed by atoms with van der Waals surface area (Å²) in [6.45, 7) is 5.82. The van der Waals surface area contributed by atoms with E-state index < -0.39 is 29.6 Å². The van der Waals surface area contributed by atoms with Crippen molar-refractivity contribution >= 4 is 35.0 Å². The van der Waals surface area contributed by atoms with Crippen LogP contribution in [0.15, 0.2) is 36.4 Å². The Morgan fingerprint density at radius 3 is 2.48 bits per heavy atom. The van der Waals surface area contributed by atoms with Gasteiger partial charge in [-0.15, -0.1) is 0 Å². The van der Waals surface area contributed by atoms with Crippen molar-refractivity contribution in [2.75, 3.05) is 31.5 Å². The second kappa shape index (κ2) is 11.5. The zero-order chi connectivity index (χ0) is 27.9. The number of carbonyl (C=O) groups excluding carboxylic acids is 3. The molecule has 9 heteroatoms. The van der Waals surface area contributed by atoms with E-state index in [9.17, 15) is 14.4 Å². The Kier molecular flexibility index (Phi) is 7.94. The van der Waals surface area contributed by atoms with Gasteiger partial charge in [0.1, 0.15) is 11.6 Å². The van der Waals surface area contributed by atoms with Crippen LogP contribution in [0.2, 0.25) is 5.02 Å². The summed E-state index contributed by atoms with van der Waals surface area (Å²) in [5, 5.41) is 6.80. The van der Waals surface area contributed by atoms with E-state index in [2.05, 4.69) is 22.5 Å². The Labute approximate surface area is 241 Å². The zero-order valence-electron chi connectivity index (χ0n) is 23.3. The molecular weight excluding hydrogens is 528 g/mol. The van der Waals surface area contributed by atoms with Gasteiger partial charge in [-0.25, -0.2) is 0 Å². The predicted octanol–water partition coefficient (Wildman–Crippen LogP) is 4.00. The van der Waals surface area contributed by atoms with Crippen molar-refractivity contribution in [1.29, 1.82) is 0 Å². The highest BCUT2D eigenvalue weighted by atomic mass is 35.5. The molecular formula is C31H41ClN4O4. The molecule has 1 spiro atoms. The molecule has 40 heavy (non-hydrogen) atoms. The van der Waals surface area contributed by atoms with Gasteiger partial charge in [0.05, 0.1) is 17.9 Å². The van der Waals surface area contributed by atoms with Crippen LogP contribution in [0.3, 0.4) is 0 Å².